The molecule has 2 heterocycles. The van der Waals surface area contributed by atoms with Gasteiger partial charge in [-0.3, -0.25) is 4.79 Å². The molecule has 156 valence electrons. The minimum atomic E-state index is 0.104. The number of carbonyl (C=O) groups is 1. The van der Waals surface area contributed by atoms with Crippen LogP contribution in [0.1, 0.15) is 75.5 Å². The lowest BCUT2D eigenvalue weighted by Gasteiger charge is -2.45. The topological polar surface area (TPSA) is 37.3 Å². The molecule has 3 aliphatic rings. The van der Waals surface area contributed by atoms with Gasteiger partial charge < -0.3 is 14.8 Å². The van der Waals surface area contributed by atoms with E-state index in [1.165, 1.54) is 41.3 Å². The summed E-state index contributed by atoms with van der Waals surface area (Å²) in [7, 11) is 2.22. The van der Waals surface area contributed by atoms with E-state index in [-0.39, 0.29) is 5.92 Å². The van der Waals surface area contributed by atoms with E-state index in [0.717, 1.165) is 32.2 Å². The number of likely N-dealkylation sites (N-methyl/N-ethyl adjacent to an activating group) is 1. The molecule has 29 heavy (non-hydrogen) atoms. The van der Waals surface area contributed by atoms with Crippen molar-refractivity contribution < 1.29 is 4.79 Å². The van der Waals surface area contributed by atoms with Crippen LogP contribution in [0.2, 0.25) is 0 Å². The van der Waals surface area contributed by atoms with Crippen LogP contribution >= 0.6 is 0 Å². The van der Waals surface area contributed by atoms with Crippen LogP contribution in [0.5, 0.6) is 0 Å². The van der Waals surface area contributed by atoms with Crippen molar-refractivity contribution in [1.29, 1.82) is 0 Å². The second-order valence-corrected chi connectivity index (χ2v) is 9.99. The second-order valence-electron chi connectivity index (χ2n) is 9.99. The smallest absolute Gasteiger partial charge is 0.224 e. The maximum Gasteiger partial charge on any atom is 0.224 e. The average molecular weight is 394 g/mol. The number of hydrogen-bond donors (Lipinski definition) is 1. The largest absolute Gasteiger partial charge is 0.353 e. The Balaban J connectivity index is 1.43. The molecule has 1 saturated carbocycles. The number of likely N-dealkylation sites (tertiary alicyclic amines) is 1. The molecule has 2 aliphatic carbocycles. The average Bonchev–Trinajstić information content (AvgIpc) is 3.10. The summed E-state index contributed by atoms with van der Waals surface area (Å²) in [5.41, 5.74) is 4.32. The van der Waals surface area contributed by atoms with Crippen molar-refractivity contribution >= 4 is 16.8 Å². The predicted molar refractivity (Wildman–Crippen MR) is 118 cm³/mol. The molecule has 5 rings (SSSR count). The number of benzene rings is 1. The SMILES string of the molecule is CC(C)n1cc2c3c(cccc31)C1CC(C(=O)NC3CCCCC3)CN(C)C1C2. The highest BCUT2D eigenvalue weighted by Crippen LogP contribution is 2.45. The summed E-state index contributed by atoms with van der Waals surface area (Å²) >= 11 is 0. The standard InChI is InChI=1S/C25H35N3O/c1-16(2)28-15-17-13-23-21(20-10-7-11-22(28)24(17)20)12-18(14-27(23)3)25(29)26-19-8-5-4-6-9-19/h7,10-11,15-16,18-19,21,23H,4-6,8-9,12-14H2,1-3H3,(H,26,29). The van der Waals surface area contributed by atoms with Crippen molar-refractivity contribution in [2.75, 3.05) is 13.6 Å². The predicted octanol–water partition coefficient (Wildman–Crippen LogP) is 4.63. The number of aromatic nitrogens is 1. The molecular formula is C25H35N3O. The molecule has 1 N–H and O–H groups in total. The molecule has 2 fully saturated rings. The number of hydrogen-bond acceptors (Lipinski definition) is 2. The minimum Gasteiger partial charge on any atom is -0.353 e. The Morgan fingerprint density at radius 3 is 2.72 bits per heavy atom. The first-order valence-electron chi connectivity index (χ1n) is 11.7. The van der Waals surface area contributed by atoms with E-state index in [9.17, 15) is 4.79 Å². The highest BCUT2D eigenvalue weighted by Gasteiger charge is 2.42. The maximum atomic E-state index is 13.1. The van der Waals surface area contributed by atoms with Gasteiger partial charge in [-0.25, -0.2) is 0 Å². The van der Waals surface area contributed by atoms with Crippen molar-refractivity contribution in [2.45, 2.75) is 82.8 Å². The highest BCUT2D eigenvalue weighted by atomic mass is 16.2. The van der Waals surface area contributed by atoms with Gasteiger partial charge in [0.2, 0.25) is 5.91 Å². The normalized spacial score (nSPS) is 27.9. The van der Waals surface area contributed by atoms with Gasteiger partial charge in [0.1, 0.15) is 0 Å². The zero-order valence-electron chi connectivity index (χ0n) is 18.2. The van der Waals surface area contributed by atoms with Gasteiger partial charge in [0.25, 0.3) is 0 Å². The third kappa shape index (κ3) is 3.30. The Labute approximate surface area is 174 Å². The Kier molecular flexibility index (Phi) is 4.93. The molecule has 1 aromatic carbocycles. The lowest BCUT2D eigenvalue weighted by Crippen LogP contribution is -2.52. The first-order valence-corrected chi connectivity index (χ1v) is 11.7. The van der Waals surface area contributed by atoms with Gasteiger partial charge in [-0.1, -0.05) is 31.4 Å². The Bertz CT molecular complexity index is 908. The number of piperidine rings is 1. The van der Waals surface area contributed by atoms with E-state index in [0.29, 0.717) is 30.0 Å². The molecule has 0 radical (unpaired) electrons. The number of rotatable bonds is 3. The molecule has 1 saturated heterocycles. The summed E-state index contributed by atoms with van der Waals surface area (Å²) in [4.78, 5) is 15.6. The summed E-state index contributed by atoms with van der Waals surface area (Å²) in [5.74, 6) is 0.849. The van der Waals surface area contributed by atoms with Crippen LogP contribution in [0.3, 0.4) is 0 Å². The Morgan fingerprint density at radius 1 is 1.17 bits per heavy atom. The van der Waals surface area contributed by atoms with Gasteiger partial charge in [0, 0.05) is 47.7 Å². The Morgan fingerprint density at radius 2 is 1.97 bits per heavy atom. The molecule has 1 aliphatic heterocycles. The van der Waals surface area contributed by atoms with Crippen LogP contribution < -0.4 is 5.32 Å². The van der Waals surface area contributed by atoms with Crippen LogP contribution in [0.4, 0.5) is 0 Å². The molecule has 2 aromatic rings. The van der Waals surface area contributed by atoms with Gasteiger partial charge in [0.15, 0.2) is 0 Å². The maximum absolute atomic E-state index is 13.1. The number of nitrogens with one attached hydrogen (secondary N) is 1. The minimum absolute atomic E-state index is 0.104. The molecule has 3 atom stereocenters. The Hall–Kier alpha value is -1.81. The molecule has 0 bridgehead atoms. The zero-order chi connectivity index (χ0) is 20.1. The first-order chi connectivity index (χ1) is 14.0. The van der Waals surface area contributed by atoms with E-state index in [1.54, 1.807) is 0 Å². The van der Waals surface area contributed by atoms with E-state index in [4.69, 9.17) is 0 Å². The van der Waals surface area contributed by atoms with Crippen LogP contribution in [-0.4, -0.2) is 41.1 Å². The highest BCUT2D eigenvalue weighted by molar-refractivity contribution is 5.89. The molecule has 4 nitrogen and oxygen atoms in total. The fourth-order valence-corrected chi connectivity index (χ4v) is 6.26. The first kappa shape index (κ1) is 19.2. The quantitative estimate of drug-likeness (QED) is 0.825. The molecule has 4 heteroatoms. The van der Waals surface area contributed by atoms with Crippen LogP contribution in [-0.2, 0) is 11.2 Å². The summed E-state index contributed by atoms with van der Waals surface area (Å²) in [6, 6.07) is 8.18. The molecular weight excluding hydrogens is 358 g/mol. The number of fused-ring (bicyclic) bond motifs is 2. The summed E-state index contributed by atoms with van der Waals surface area (Å²) in [5, 5.41) is 4.86. The second kappa shape index (κ2) is 7.46. The fourth-order valence-electron chi connectivity index (χ4n) is 6.26. The molecule has 3 unspecified atom stereocenters. The zero-order valence-corrected chi connectivity index (χ0v) is 18.2. The monoisotopic (exact) mass is 393 g/mol. The van der Waals surface area contributed by atoms with Crippen molar-refractivity contribution in [3.8, 4) is 0 Å². The van der Waals surface area contributed by atoms with E-state index >= 15 is 0 Å². The summed E-state index contributed by atoms with van der Waals surface area (Å²) in [6.45, 7) is 5.41. The third-order valence-corrected chi connectivity index (χ3v) is 7.75. The van der Waals surface area contributed by atoms with Gasteiger partial charge >= 0.3 is 0 Å². The third-order valence-electron chi connectivity index (χ3n) is 7.75. The van der Waals surface area contributed by atoms with Crippen LogP contribution in [0.25, 0.3) is 10.9 Å². The fraction of sp³-hybridized carbons (Fsp3) is 0.640. The number of amides is 1. The van der Waals surface area contributed by atoms with Gasteiger partial charge in [-0.15, -0.1) is 0 Å². The summed E-state index contributed by atoms with van der Waals surface area (Å²) < 4.78 is 2.43. The van der Waals surface area contributed by atoms with Crippen molar-refractivity contribution in [2.24, 2.45) is 5.92 Å². The van der Waals surface area contributed by atoms with E-state index in [2.05, 4.69) is 60.1 Å². The van der Waals surface area contributed by atoms with Gasteiger partial charge in [-0.2, -0.15) is 0 Å². The van der Waals surface area contributed by atoms with E-state index in [1.807, 2.05) is 0 Å². The van der Waals surface area contributed by atoms with Crippen LogP contribution in [0, 0.1) is 5.92 Å². The van der Waals surface area contributed by atoms with E-state index < -0.39 is 0 Å². The van der Waals surface area contributed by atoms with Gasteiger partial charge in [-0.05, 0) is 63.8 Å². The van der Waals surface area contributed by atoms with Crippen LogP contribution in [0.15, 0.2) is 24.4 Å². The lowest BCUT2D eigenvalue weighted by atomic mass is 9.72. The summed E-state index contributed by atoms with van der Waals surface area (Å²) in [6.07, 6.45) is 10.6. The van der Waals surface area contributed by atoms with Crippen molar-refractivity contribution in [3.05, 3.63) is 35.5 Å². The number of nitrogens with zero attached hydrogens (tertiary/aromatic N) is 2. The van der Waals surface area contributed by atoms with Gasteiger partial charge in [0.05, 0.1) is 5.92 Å². The molecule has 1 amide bonds. The number of carbonyl (C=O) groups excluding carboxylic acids is 1. The van der Waals surface area contributed by atoms with Crippen molar-refractivity contribution in [3.63, 3.8) is 0 Å². The lowest BCUT2D eigenvalue weighted by molar-refractivity contribution is -0.128. The van der Waals surface area contributed by atoms with Crippen molar-refractivity contribution in [1.82, 2.24) is 14.8 Å². The molecule has 0 spiro atoms. The molecule has 1 aromatic heterocycles.